The maximum absolute atomic E-state index is 11.0. The van der Waals surface area contributed by atoms with Gasteiger partial charge in [0, 0.05) is 6.20 Å². The second-order valence-corrected chi connectivity index (χ2v) is 1.97. The number of ether oxygens (including phenoxy) is 1. The number of H-pyrrole nitrogens is 1. The summed E-state index contributed by atoms with van der Waals surface area (Å²) >= 11 is 0. The van der Waals surface area contributed by atoms with Gasteiger partial charge in [0.2, 0.25) is 0 Å². The summed E-state index contributed by atoms with van der Waals surface area (Å²) in [6, 6.07) is 0. The lowest BCUT2D eigenvalue weighted by molar-refractivity contribution is 0.0601. The average molecular weight is 153 g/mol. The Balaban J connectivity index is 2.43. The van der Waals surface area contributed by atoms with Crippen molar-refractivity contribution >= 4 is 5.97 Å². The molecule has 0 saturated carbocycles. The van der Waals surface area contributed by atoms with Crippen molar-refractivity contribution in [3.05, 3.63) is 24.6 Å². The van der Waals surface area contributed by atoms with Gasteiger partial charge in [-0.2, -0.15) is 5.10 Å². The first kappa shape index (κ1) is 7.78. The van der Waals surface area contributed by atoms with E-state index in [0.717, 1.165) is 0 Å². The predicted octanol–water partition coefficient (Wildman–Crippen LogP) is 1.14. The lowest BCUT2D eigenvalue weighted by Gasteiger charge is -1.97. The normalized spacial score (nSPS) is 9.55. The molecule has 4 heteroatoms. The number of carbonyl (C=O) groups is 1. The van der Waals surface area contributed by atoms with Gasteiger partial charge < -0.3 is 4.74 Å². The molecule has 59 valence electrons. The van der Waals surface area contributed by atoms with E-state index in [-0.39, 0.29) is 5.97 Å². The van der Waals surface area contributed by atoms with E-state index in [9.17, 15) is 4.79 Å². The Kier molecular flexibility index (Phi) is 2.66. The van der Waals surface area contributed by atoms with Crippen molar-refractivity contribution in [1.29, 1.82) is 0 Å². The minimum atomic E-state index is -0.374. The molecule has 1 N–H and O–H groups in total. The van der Waals surface area contributed by atoms with Crippen LogP contribution >= 0.6 is 0 Å². The molecule has 1 radical (unpaired) electrons. The Labute approximate surface area is 64.6 Å². The van der Waals surface area contributed by atoms with Gasteiger partial charge in [0.05, 0.1) is 11.8 Å². The number of aromatic amines is 1. The molecule has 1 rings (SSSR count). The fourth-order valence-corrected chi connectivity index (χ4v) is 0.590. The SMILES string of the molecule is CC[CH]OC(=O)c1cn[nH]c1. The fourth-order valence-electron chi connectivity index (χ4n) is 0.590. The van der Waals surface area contributed by atoms with Crippen LogP contribution in [-0.2, 0) is 4.74 Å². The quantitative estimate of drug-likeness (QED) is 0.662. The zero-order valence-electron chi connectivity index (χ0n) is 6.20. The highest BCUT2D eigenvalue weighted by atomic mass is 16.5. The summed E-state index contributed by atoms with van der Waals surface area (Å²) in [5.41, 5.74) is 0.440. The monoisotopic (exact) mass is 153 g/mol. The summed E-state index contributed by atoms with van der Waals surface area (Å²) in [5, 5.41) is 6.13. The molecule has 1 aromatic heterocycles. The van der Waals surface area contributed by atoms with Crippen LogP contribution in [0.15, 0.2) is 12.4 Å². The largest absolute Gasteiger partial charge is 0.455 e. The smallest absolute Gasteiger partial charge is 0.341 e. The van der Waals surface area contributed by atoms with Crippen LogP contribution in [0.25, 0.3) is 0 Å². The first-order chi connectivity index (χ1) is 5.34. The third kappa shape index (κ3) is 2.07. The number of nitrogens with one attached hydrogen (secondary N) is 1. The van der Waals surface area contributed by atoms with Crippen LogP contribution in [0, 0.1) is 6.61 Å². The molecule has 0 unspecified atom stereocenters. The van der Waals surface area contributed by atoms with Crippen LogP contribution in [-0.4, -0.2) is 16.2 Å². The van der Waals surface area contributed by atoms with Crippen LogP contribution in [0.2, 0.25) is 0 Å². The molecule has 1 aromatic rings. The van der Waals surface area contributed by atoms with Gasteiger partial charge >= 0.3 is 5.97 Å². The molecule has 0 bridgehead atoms. The van der Waals surface area contributed by atoms with Gasteiger partial charge in [-0.3, -0.25) is 5.10 Å². The Bertz CT molecular complexity index is 218. The fraction of sp³-hybridized carbons (Fsp3) is 0.286. The molecule has 0 aliphatic carbocycles. The molecular formula is C7H9N2O2. The highest BCUT2D eigenvalue weighted by Gasteiger charge is 2.06. The van der Waals surface area contributed by atoms with Crippen molar-refractivity contribution in [2.24, 2.45) is 0 Å². The first-order valence-corrected chi connectivity index (χ1v) is 3.36. The van der Waals surface area contributed by atoms with E-state index in [0.29, 0.717) is 12.0 Å². The molecule has 0 spiro atoms. The lowest BCUT2D eigenvalue weighted by atomic mass is 10.4. The third-order valence-electron chi connectivity index (χ3n) is 1.09. The first-order valence-electron chi connectivity index (χ1n) is 3.36. The molecule has 0 saturated heterocycles. The van der Waals surface area contributed by atoms with Crippen LogP contribution in [0.5, 0.6) is 0 Å². The topological polar surface area (TPSA) is 55.0 Å². The summed E-state index contributed by atoms with van der Waals surface area (Å²) in [6.45, 7) is 3.35. The van der Waals surface area contributed by atoms with Gasteiger partial charge in [-0.25, -0.2) is 4.79 Å². The Hall–Kier alpha value is -1.32. The summed E-state index contributed by atoms with van der Waals surface area (Å²) in [6.07, 6.45) is 3.63. The molecule has 0 fully saturated rings. The van der Waals surface area contributed by atoms with Crippen LogP contribution in [0.3, 0.4) is 0 Å². The lowest BCUT2D eigenvalue weighted by Crippen LogP contribution is -2.00. The molecule has 11 heavy (non-hydrogen) atoms. The van der Waals surface area contributed by atoms with Crippen LogP contribution in [0.4, 0.5) is 0 Å². The number of hydrogen-bond donors (Lipinski definition) is 1. The second kappa shape index (κ2) is 3.75. The number of hydrogen-bond acceptors (Lipinski definition) is 3. The summed E-state index contributed by atoms with van der Waals surface area (Å²) < 4.78 is 4.71. The van der Waals surface area contributed by atoms with Gasteiger partial charge in [-0.15, -0.1) is 0 Å². The van der Waals surface area contributed by atoms with E-state index in [1.165, 1.54) is 19.0 Å². The van der Waals surface area contributed by atoms with E-state index in [1.807, 2.05) is 6.92 Å². The Morgan fingerprint density at radius 2 is 2.73 bits per heavy atom. The van der Waals surface area contributed by atoms with Crippen LogP contribution in [0.1, 0.15) is 23.7 Å². The minimum Gasteiger partial charge on any atom is -0.455 e. The van der Waals surface area contributed by atoms with E-state index < -0.39 is 0 Å². The highest BCUT2D eigenvalue weighted by molar-refractivity contribution is 5.88. The minimum absolute atomic E-state index is 0.374. The maximum atomic E-state index is 11.0. The number of carbonyl (C=O) groups excluding carboxylic acids is 1. The molecule has 4 nitrogen and oxygen atoms in total. The molecule has 1 heterocycles. The summed E-state index contributed by atoms with van der Waals surface area (Å²) in [4.78, 5) is 11.0. The highest BCUT2D eigenvalue weighted by Crippen LogP contribution is 1.99. The van der Waals surface area contributed by atoms with Gasteiger partial charge in [0.1, 0.15) is 6.61 Å². The van der Waals surface area contributed by atoms with Crippen molar-refractivity contribution in [3.63, 3.8) is 0 Å². The molecule has 0 aromatic carbocycles. The number of esters is 1. The van der Waals surface area contributed by atoms with Crippen molar-refractivity contribution in [1.82, 2.24) is 10.2 Å². The van der Waals surface area contributed by atoms with E-state index in [2.05, 4.69) is 10.2 Å². The van der Waals surface area contributed by atoms with Crippen molar-refractivity contribution in [2.75, 3.05) is 0 Å². The summed E-state index contributed by atoms with van der Waals surface area (Å²) in [7, 11) is 0. The Morgan fingerprint density at radius 3 is 3.27 bits per heavy atom. The predicted molar refractivity (Wildman–Crippen MR) is 38.6 cm³/mol. The maximum Gasteiger partial charge on any atom is 0.341 e. The van der Waals surface area contributed by atoms with Gasteiger partial charge in [-0.1, -0.05) is 6.92 Å². The van der Waals surface area contributed by atoms with Gasteiger partial charge in [-0.05, 0) is 6.42 Å². The number of rotatable bonds is 3. The number of aromatic nitrogens is 2. The molecular weight excluding hydrogens is 144 g/mol. The van der Waals surface area contributed by atoms with Gasteiger partial charge in [0.25, 0.3) is 0 Å². The standard InChI is InChI=1S/C7H9N2O2/c1-2-3-11-7(10)6-4-8-9-5-6/h3-5H,2H2,1H3,(H,8,9). The zero-order valence-corrected chi connectivity index (χ0v) is 6.20. The Morgan fingerprint density at radius 1 is 1.91 bits per heavy atom. The van der Waals surface area contributed by atoms with Gasteiger partial charge in [0.15, 0.2) is 0 Å². The van der Waals surface area contributed by atoms with Crippen molar-refractivity contribution in [2.45, 2.75) is 13.3 Å². The van der Waals surface area contributed by atoms with E-state index in [4.69, 9.17) is 4.74 Å². The van der Waals surface area contributed by atoms with Crippen LogP contribution < -0.4 is 0 Å². The van der Waals surface area contributed by atoms with E-state index in [1.54, 1.807) is 0 Å². The summed E-state index contributed by atoms with van der Waals surface area (Å²) in [5.74, 6) is -0.374. The zero-order chi connectivity index (χ0) is 8.10. The average Bonchev–Trinajstić information content (AvgIpc) is 2.52. The molecule has 0 atom stereocenters. The second-order valence-electron chi connectivity index (χ2n) is 1.97. The molecule has 0 aliphatic heterocycles. The van der Waals surface area contributed by atoms with Crippen molar-refractivity contribution in [3.8, 4) is 0 Å². The van der Waals surface area contributed by atoms with E-state index >= 15 is 0 Å². The molecule has 0 aliphatic rings. The van der Waals surface area contributed by atoms with Crippen molar-refractivity contribution < 1.29 is 9.53 Å². The number of nitrogens with zero attached hydrogens (tertiary/aromatic N) is 1. The molecule has 0 amide bonds. The third-order valence-corrected chi connectivity index (χ3v) is 1.09.